The Hall–Kier alpha value is -0.0800. The standard InChI is InChI=1S/C16H31NO/c1-2-4-13-5-3-6-15(9-7-13)17-12-14-8-10-16(18)11-14/h13-18H,2-12H2,1H3. The third-order valence-electron chi connectivity index (χ3n) is 4.99. The predicted molar refractivity (Wildman–Crippen MR) is 76.6 cm³/mol. The topological polar surface area (TPSA) is 32.3 Å². The minimum Gasteiger partial charge on any atom is -0.393 e. The highest BCUT2D eigenvalue weighted by atomic mass is 16.3. The molecule has 0 amide bonds. The van der Waals surface area contributed by atoms with Gasteiger partial charge in [-0.05, 0) is 56.9 Å². The van der Waals surface area contributed by atoms with Crippen LogP contribution in [0.25, 0.3) is 0 Å². The number of hydrogen-bond donors (Lipinski definition) is 2. The molecule has 0 heterocycles. The first kappa shape index (κ1) is 14.3. The number of rotatable bonds is 5. The van der Waals surface area contributed by atoms with Crippen molar-refractivity contribution in [3.8, 4) is 0 Å². The first-order valence-electron chi connectivity index (χ1n) is 8.19. The number of nitrogens with one attached hydrogen (secondary N) is 1. The Kier molecular flexibility index (Phi) is 5.97. The minimum atomic E-state index is -0.0140. The van der Waals surface area contributed by atoms with Crippen LogP contribution in [0.15, 0.2) is 0 Å². The fraction of sp³-hybridized carbons (Fsp3) is 1.00. The van der Waals surface area contributed by atoms with E-state index in [1.165, 1.54) is 51.4 Å². The van der Waals surface area contributed by atoms with Gasteiger partial charge in [0, 0.05) is 6.04 Å². The molecule has 0 saturated heterocycles. The lowest BCUT2D eigenvalue weighted by molar-refractivity contribution is 0.177. The van der Waals surface area contributed by atoms with E-state index in [9.17, 15) is 5.11 Å². The quantitative estimate of drug-likeness (QED) is 0.735. The maximum Gasteiger partial charge on any atom is 0.0543 e. The molecule has 0 bridgehead atoms. The maximum atomic E-state index is 9.55. The van der Waals surface area contributed by atoms with Crippen LogP contribution in [0.3, 0.4) is 0 Å². The summed E-state index contributed by atoms with van der Waals surface area (Å²) in [5.41, 5.74) is 0. The SMILES string of the molecule is CCCC1CCCC(NCC2CCC(O)C2)CC1. The molecule has 2 nitrogen and oxygen atoms in total. The maximum absolute atomic E-state index is 9.55. The highest BCUT2D eigenvalue weighted by molar-refractivity contribution is 4.80. The van der Waals surface area contributed by atoms with Gasteiger partial charge in [0.05, 0.1) is 6.10 Å². The molecule has 0 spiro atoms. The number of aliphatic hydroxyl groups is 1. The average Bonchev–Trinajstić information content (AvgIpc) is 2.64. The van der Waals surface area contributed by atoms with E-state index < -0.39 is 0 Å². The molecule has 0 radical (unpaired) electrons. The fourth-order valence-corrected chi connectivity index (χ4v) is 3.85. The van der Waals surface area contributed by atoms with Gasteiger partial charge in [0.25, 0.3) is 0 Å². The Labute approximate surface area is 113 Å². The summed E-state index contributed by atoms with van der Waals surface area (Å²) < 4.78 is 0. The molecule has 2 aliphatic rings. The van der Waals surface area contributed by atoms with E-state index in [0.717, 1.165) is 37.3 Å². The fourth-order valence-electron chi connectivity index (χ4n) is 3.85. The molecule has 0 aromatic carbocycles. The van der Waals surface area contributed by atoms with Gasteiger partial charge in [-0.25, -0.2) is 0 Å². The third kappa shape index (κ3) is 4.55. The van der Waals surface area contributed by atoms with Crippen LogP contribution in [0, 0.1) is 11.8 Å². The molecule has 2 fully saturated rings. The van der Waals surface area contributed by atoms with Crippen LogP contribution in [0.4, 0.5) is 0 Å². The molecule has 2 saturated carbocycles. The zero-order valence-electron chi connectivity index (χ0n) is 12.0. The van der Waals surface area contributed by atoms with Gasteiger partial charge < -0.3 is 10.4 Å². The first-order valence-corrected chi connectivity index (χ1v) is 8.19. The van der Waals surface area contributed by atoms with Crippen LogP contribution >= 0.6 is 0 Å². The van der Waals surface area contributed by atoms with Gasteiger partial charge in [0.1, 0.15) is 0 Å². The molecule has 0 aliphatic heterocycles. The predicted octanol–water partition coefficient (Wildman–Crippen LogP) is 3.49. The molecular formula is C16H31NO. The first-order chi connectivity index (χ1) is 8.78. The lowest BCUT2D eigenvalue weighted by Gasteiger charge is -2.19. The highest BCUT2D eigenvalue weighted by Crippen LogP contribution is 2.28. The van der Waals surface area contributed by atoms with Crippen molar-refractivity contribution in [1.82, 2.24) is 5.32 Å². The summed E-state index contributed by atoms with van der Waals surface area (Å²) in [6.45, 7) is 3.45. The van der Waals surface area contributed by atoms with E-state index in [2.05, 4.69) is 12.2 Å². The molecule has 2 aliphatic carbocycles. The summed E-state index contributed by atoms with van der Waals surface area (Å²) in [7, 11) is 0. The monoisotopic (exact) mass is 253 g/mol. The van der Waals surface area contributed by atoms with Gasteiger partial charge in [-0.15, -0.1) is 0 Å². The molecule has 2 heteroatoms. The smallest absolute Gasteiger partial charge is 0.0543 e. The van der Waals surface area contributed by atoms with Gasteiger partial charge in [-0.1, -0.05) is 32.6 Å². The van der Waals surface area contributed by atoms with Gasteiger partial charge >= 0.3 is 0 Å². The second kappa shape index (κ2) is 7.49. The minimum absolute atomic E-state index is 0.0140. The molecule has 2 N–H and O–H groups in total. The molecule has 0 aromatic heterocycles. The molecular weight excluding hydrogens is 222 g/mol. The summed E-state index contributed by atoms with van der Waals surface area (Å²) in [6.07, 6.45) is 13.1. The van der Waals surface area contributed by atoms with E-state index in [1.54, 1.807) is 0 Å². The van der Waals surface area contributed by atoms with Gasteiger partial charge in [0.2, 0.25) is 0 Å². The summed E-state index contributed by atoms with van der Waals surface area (Å²) in [5, 5.41) is 13.3. The number of aliphatic hydroxyl groups excluding tert-OH is 1. The zero-order chi connectivity index (χ0) is 12.8. The Balaban J connectivity index is 1.64. The summed E-state index contributed by atoms with van der Waals surface area (Å²) in [5.74, 6) is 1.73. The summed E-state index contributed by atoms with van der Waals surface area (Å²) in [4.78, 5) is 0. The van der Waals surface area contributed by atoms with Crippen molar-refractivity contribution in [1.29, 1.82) is 0 Å². The molecule has 0 aromatic rings. The third-order valence-corrected chi connectivity index (χ3v) is 4.99. The average molecular weight is 253 g/mol. The van der Waals surface area contributed by atoms with Crippen molar-refractivity contribution in [2.45, 2.75) is 83.3 Å². The van der Waals surface area contributed by atoms with E-state index >= 15 is 0 Å². The van der Waals surface area contributed by atoms with Gasteiger partial charge in [-0.2, -0.15) is 0 Å². The van der Waals surface area contributed by atoms with Crippen molar-refractivity contribution in [2.75, 3.05) is 6.54 Å². The second-order valence-electron chi connectivity index (χ2n) is 6.60. The second-order valence-corrected chi connectivity index (χ2v) is 6.60. The van der Waals surface area contributed by atoms with Crippen LogP contribution in [0.5, 0.6) is 0 Å². The van der Waals surface area contributed by atoms with Gasteiger partial charge in [0.15, 0.2) is 0 Å². The van der Waals surface area contributed by atoms with E-state index in [-0.39, 0.29) is 6.10 Å². The lowest BCUT2D eigenvalue weighted by Crippen LogP contribution is -2.32. The molecule has 18 heavy (non-hydrogen) atoms. The van der Waals surface area contributed by atoms with Crippen molar-refractivity contribution in [3.63, 3.8) is 0 Å². The van der Waals surface area contributed by atoms with E-state index in [4.69, 9.17) is 0 Å². The Morgan fingerprint density at radius 1 is 1.00 bits per heavy atom. The largest absolute Gasteiger partial charge is 0.393 e. The molecule has 2 rings (SSSR count). The number of hydrogen-bond acceptors (Lipinski definition) is 2. The van der Waals surface area contributed by atoms with E-state index in [0.29, 0.717) is 0 Å². The Morgan fingerprint density at radius 2 is 1.83 bits per heavy atom. The van der Waals surface area contributed by atoms with Crippen molar-refractivity contribution in [3.05, 3.63) is 0 Å². The Morgan fingerprint density at radius 3 is 2.56 bits per heavy atom. The van der Waals surface area contributed by atoms with E-state index in [1.807, 2.05) is 0 Å². The molecule has 106 valence electrons. The van der Waals surface area contributed by atoms with Crippen molar-refractivity contribution >= 4 is 0 Å². The van der Waals surface area contributed by atoms with Crippen LogP contribution in [-0.2, 0) is 0 Å². The lowest BCUT2D eigenvalue weighted by atomic mass is 9.95. The molecule has 4 unspecified atom stereocenters. The normalized spacial score (nSPS) is 37.7. The zero-order valence-corrected chi connectivity index (χ0v) is 12.0. The van der Waals surface area contributed by atoms with Crippen molar-refractivity contribution < 1.29 is 5.11 Å². The van der Waals surface area contributed by atoms with Crippen LogP contribution < -0.4 is 5.32 Å². The Bertz CT molecular complexity index is 231. The van der Waals surface area contributed by atoms with Crippen LogP contribution in [0.1, 0.15) is 71.1 Å². The summed E-state index contributed by atoms with van der Waals surface area (Å²) in [6, 6.07) is 0.754. The molecule has 4 atom stereocenters. The van der Waals surface area contributed by atoms with Crippen LogP contribution in [-0.4, -0.2) is 23.8 Å². The van der Waals surface area contributed by atoms with Gasteiger partial charge in [-0.3, -0.25) is 0 Å². The van der Waals surface area contributed by atoms with Crippen LogP contribution in [0.2, 0.25) is 0 Å². The highest BCUT2D eigenvalue weighted by Gasteiger charge is 2.24. The summed E-state index contributed by atoms with van der Waals surface area (Å²) >= 11 is 0. The van der Waals surface area contributed by atoms with Crippen molar-refractivity contribution in [2.24, 2.45) is 11.8 Å².